The molecule has 5 heteroatoms. The lowest BCUT2D eigenvalue weighted by molar-refractivity contribution is 0.0943. The van der Waals surface area contributed by atoms with Crippen LogP contribution in [0.2, 0.25) is 0 Å². The van der Waals surface area contributed by atoms with Gasteiger partial charge in [-0.15, -0.1) is 0 Å². The first-order chi connectivity index (χ1) is 9.61. The molecule has 2 rings (SSSR count). The highest BCUT2D eigenvalue weighted by Crippen LogP contribution is 2.15. The molecule has 0 amide bonds. The zero-order valence-electron chi connectivity index (χ0n) is 13.3. The lowest BCUT2D eigenvalue weighted by atomic mass is 10.0. The molecule has 1 aliphatic rings. The SMILES string of the molecule is CCn1ccnc1NCC(C(C)C)N1CCN(C)CC1. The van der Waals surface area contributed by atoms with Crippen molar-refractivity contribution in [2.75, 3.05) is 45.1 Å². The minimum absolute atomic E-state index is 0.575. The number of likely N-dealkylation sites (N-methyl/N-ethyl adjacent to an activating group) is 1. The van der Waals surface area contributed by atoms with Crippen LogP contribution in [0.15, 0.2) is 12.4 Å². The zero-order valence-corrected chi connectivity index (χ0v) is 13.3. The molecule has 1 unspecified atom stereocenters. The molecule has 1 N–H and O–H groups in total. The van der Waals surface area contributed by atoms with Crippen molar-refractivity contribution in [3.05, 3.63) is 12.4 Å². The highest BCUT2D eigenvalue weighted by molar-refractivity contribution is 5.26. The average molecular weight is 279 g/mol. The monoisotopic (exact) mass is 279 g/mol. The first-order valence-electron chi connectivity index (χ1n) is 7.79. The van der Waals surface area contributed by atoms with Gasteiger partial charge >= 0.3 is 0 Å². The summed E-state index contributed by atoms with van der Waals surface area (Å²) in [5, 5.41) is 3.53. The fraction of sp³-hybridized carbons (Fsp3) is 0.800. The van der Waals surface area contributed by atoms with E-state index in [-0.39, 0.29) is 0 Å². The van der Waals surface area contributed by atoms with E-state index in [0.29, 0.717) is 12.0 Å². The van der Waals surface area contributed by atoms with E-state index >= 15 is 0 Å². The van der Waals surface area contributed by atoms with Crippen LogP contribution < -0.4 is 5.32 Å². The Morgan fingerprint density at radius 3 is 2.55 bits per heavy atom. The number of hydrogen-bond donors (Lipinski definition) is 1. The highest BCUT2D eigenvalue weighted by atomic mass is 15.3. The number of hydrogen-bond acceptors (Lipinski definition) is 4. The van der Waals surface area contributed by atoms with E-state index in [9.17, 15) is 0 Å². The fourth-order valence-corrected chi connectivity index (χ4v) is 2.87. The molecule has 0 aromatic carbocycles. The molecule has 20 heavy (non-hydrogen) atoms. The van der Waals surface area contributed by atoms with Crippen molar-refractivity contribution in [3.8, 4) is 0 Å². The summed E-state index contributed by atoms with van der Waals surface area (Å²) in [5.41, 5.74) is 0. The van der Waals surface area contributed by atoms with Gasteiger partial charge in [-0.25, -0.2) is 4.98 Å². The van der Waals surface area contributed by atoms with Crippen molar-refractivity contribution in [1.29, 1.82) is 0 Å². The number of aryl methyl sites for hydroxylation is 1. The molecule has 114 valence electrons. The quantitative estimate of drug-likeness (QED) is 0.858. The van der Waals surface area contributed by atoms with Gasteiger partial charge in [0.1, 0.15) is 0 Å². The summed E-state index contributed by atoms with van der Waals surface area (Å²) in [4.78, 5) is 9.43. The van der Waals surface area contributed by atoms with E-state index < -0.39 is 0 Å². The number of nitrogens with one attached hydrogen (secondary N) is 1. The molecule has 1 fully saturated rings. The molecule has 0 bridgehead atoms. The largest absolute Gasteiger partial charge is 0.354 e. The maximum Gasteiger partial charge on any atom is 0.202 e. The van der Waals surface area contributed by atoms with Crippen molar-refractivity contribution in [1.82, 2.24) is 19.4 Å². The number of nitrogens with zero attached hydrogens (tertiary/aromatic N) is 4. The molecule has 0 aliphatic carbocycles. The Morgan fingerprint density at radius 2 is 1.95 bits per heavy atom. The summed E-state index contributed by atoms with van der Waals surface area (Å²) in [6.45, 7) is 13.4. The maximum atomic E-state index is 4.40. The van der Waals surface area contributed by atoms with Gasteiger partial charge in [-0.05, 0) is 19.9 Å². The Kier molecular flexibility index (Phi) is 5.43. The summed E-state index contributed by atoms with van der Waals surface area (Å²) in [5.74, 6) is 1.64. The van der Waals surface area contributed by atoms with Gasteiger partial charge in [-0.3, -0.25) is 4.90 Å². The number of piperazine rings is 1. The molecule has 0 spiro atoms. The molecule has 1 aromatic heterocycles. The van der Waals surface area contributed by atoms with Gasteiger partial charge in [0.15, 0.2) is 0 Å². The van der Waals surface area contributed by atoms with Crippen LogP contribution >= 0.6 is 0 Å². The van der Waals surface area contributed by atoms with Crippen molar-refractivity contribution in [2.45, 2.75) is 33.4 Å². The molecule has 1 atom stereocenters. The molecule has 2 heterocycles. The fourth-order valence-electron chi connectivity index (χ4n) is 2.87. The predicted molar refractivity (Wildman–Crippen MR) is 84.1 cm³/mol. The van der Waals surface area contributed by atoms with Crippen molar-refractivity contribution < 1.29 is 0 Å². The standard InChI is InChI=1S/C15H29N5/c1-5-19-7-6-16-15(19)17-12-14(13(2)3)20-10-8-18(4)9-11-20/h6-7,13-14H,5,8-12H2,1-4H3,(H,16,17). The number of rotatable bonds is 6. The molecule has 1 aliphatic heterocycles. The smallest absolute Gasteiger partial charge is 0.202 e. The third-order valence-electron chi connectivity index (χ3n) is 4.30. The van der Waals surface area contributed by atoms with Crippen LogP contribution in [0.25, 0.3) is 0 Å². The minimum atomic E-state index is 0.575. The van der Waals surface area contributed by atoms with Crippen LogP contribution in [0.4, 0.5) is 5.95 Å². The molecule has 1 saturated heterocycles. The highest BCUT2D eigenvalue weighted by Gasteiger charge is 2.25. The summed E-state index contributed by atoms with van der Waals surface area (Å²) in [7, 11) is 2.21. The number of anilines is 1. The van der Waals surface area contributed by atoms with Crippen molar-refractivity contribution in [2.24, 2.45) is 5.92 Å². The summed E-state index contributed by atoms with van der Waals surface area (Å²) >= 11 is 0. The summed E-state index contributed by atoms with van der Waals surface area (Å²) in [6, 6.07) is 0.575. The van der Waals surface area contributed by atoms with E-state index in [2.05, 4.69) is 52.5 Å². The molecular formula is C15H29N5. The van der Waals surface area contributed by atoms with E-state index in [1.54, 1.807) is 0 Å². The topological polar surface area (TPSA) is 36.3 Å². The van der Waals surface area contributed by atoms with Crippen LogP contribution in [0.5, 0.6) is 0 Å². The van der Waals surface area contributed by atoms with E-state index in [4.69, 9.17) is 0 Å². The Bertz CT molecular complexity index is 393. The van der Waals surface area contributed by atoms with E-state index in [1.165, 1.54) is 26.2 Å². The second-order valence-corrected chi connectivity index (χ2v) is 6.07. The molecule has 5 nitrogen and oxygen atoms in total. The number of imidazole rings is 1. The van der Waals surface area contributed by atoms with Crippen LogP contribution in [-0.2, 0) is 6.54 Å². The van der Waals surface area contributed by atoms with Gasteiger partial charge in [-0.2, -0.15) is 0 Å². The van der Waals surface area contributed by atoms with E-state index in [1.807, 2.05) is 12.4 Å². The second-order valence-electron chi connectivity index (χ2n) is 6.07. The van der Waals surface area contributed by atoms with Crippen LogP contribution in [0, 0.1) is 5.92 Å². The average Bonchev–Trinajstić information content (AvgIpc) is 2.88. The third-order valence-corrected chi connectivity index (χ3v) is 4.30. The molecule has 0 radical (unpaired) electrons. The van der Waals surface area contributed by atoms with Gasteiger partial charge in [0, 0.05) is 57.7 Å². The van der Waals surface area contributed by atoms with Gasteiger partial charge in [0.25, 0.3) is 0 Å². The third kappa shape index (κ3) is 3.73. The molecule has 1 aromatic rings. The Hall–Kier alpha value is -1.07. The van der Waals surface area contributed by atoms with Gasteiger partial charge < -0.3 is 14.8 Å². The van der Waals surface area contributed by atoms with Crippen LogP contribution in [0.1, 0.15) is 20.8 Å². The van der Waals surface area contributed by atoms with Gasteiger partial charge in [0.05, 0.1) is 0 Å². The Balaban J connectivity index is 1.92. The minimum Gasteiger partial charge on any atom is -0.354 e. The van der Waals surface area contributed by atoms with Crippen molar-refractivity contribution in [3.63, 3.8) is 0 Å². The first kappa shape index (κ1) is 15.3. The Morgan fingerprint density at radius 1 is 1.25 bits per heavy atom. The number of aromatic nitrogens is 2. The summed E-state index contributed by atoms with van der Waals surface area (Å²) < 4.78 is 2.15. The van der Waals surface area contributed by atoms with E-state index in [0.717, 1.165) is 19.0 Å². The lowest BCUT2D eigenvalue weighted by Gasteiger charge is -2.40. The zero-order chi connectivity index (χ0) is 14.5. The van der Waals surface area contributed by atoms with Crippen molar-refractivity contribution >= 4 is 5.95 Å². The van der Waals surface area contributed by atoms with Gasteiger partial charge in [-0.1, -0.05) is 13.8 Å². The van der Waals surface area contributed by atoms with Crippen LogP contribution in [-0.4, -0.2) is 65.2 Å². The van der Waals surface area contributed by atoms with Gasteiger partial charge in [0.2, 0.25) is 5.95 Å². The lowest BCUT2D eigenvalue weighted by Crippen LogP contribution is -2.52. The van der Waals surface area contributed by atoms with Crippen LogP contribution in [0.3, 0.4) is 0 Å². The predicted octanol–water partition coefficient (Wildman–Crippen LogP) is 1.59. The normalized spacial score (nSPS) is 19.4. The maximum absolute atomic E-state index is 4.40. The molecule has 0 saturated carbocycles. The second kappa shape index (κ2) is 7.09. The molecular weight excluding hydrogens is 250 g/mol. The summed E-state index contributed by atoms with van der Waals surface area (Å²) in [6.07, 6.45) is 3.90. The first-order valence-corrected chi connectivity index (χ1v) is 7.79. The Labute approximate surface area is 123 Å².